The maximum Gasteiger partial charge on any atom is 0.266 e. The molecule has 2 aliphatic rings. The van der Waals surface area contributed by atoms with E-state index >= 15 is 0 Å². The zero-order chi connectivity index (χ0) is 32.2. The summed E-state index contributed by atoms with van der Waals surface area (Å²) in [7, 11) is -1.47. The van der Waals surface area contributed by atoms with Crippen molar-refractivity contribution in [2.24, 2.45) is 0 Å². The van der Waals surface area contributed by atoms with Crippen LogP contribution in [0, 0.1) is 0 Å². The first-order valence-electron chi connectivity index (χ1n) is 14.8. The lowest BCUT2D eigenvalue weighted by atomic mass is 10.0. The van der Waals surface area contributed by atoms with Crippen LogP contribution >= 0.6 is 35.7 Å². The van der Waals surface area contributed by atoms with Gasteiger partial charge in [0.25, 0.3) is 5.91 Å². The minimum Gasteiger partial charge on any atom is -0.544 e. The van der Waals surface area contributed by atoms with Crippen molar-refractivity contribution < 1.29 is 18.4 Å². The van der Waals surface area contributed by atoms with Crippen LogP contribution in [0.25, 0.3) is 0 Å². The van der Waals surface area contributed by atoms with E-state index in [1.807, 2.05) is 56.4 Å². The highest BCUT2D eigenvalue weighted by atomic mass is 32.2. The number of benzene rings is 2. The van der Waals surface area contributed by atoms with Crippen LogP contribution in [0.5, 0.6) is 11.5 Å². The Hall–Kier alpha value is -2.52. The molecule has 0 bridgehead atoms. The van der Waals surface area contributed by atoms with Gasteiger partial charge in [0.1, 0.15) is 22.4 Å². The summed E-state index contributed by atoms with van der Waals surface area (Å²) in [4.78, 5) is 30.2. The quantitative estimate of drug-likeness (QED) is 0.148. The van der Waals surface area contributed by atoms with Crippen molar-refractivity contribution in [2.75, 3.05) is 31.2 Å². The van der Waals surface area contributed by atoms with Gasteiger partial charge in [-0.2, -0.15) is 0 Å². The number of hydrogen-bond donors (Lipinski definition) is 1. The molecule has 2 aliphatic heterocycles. The van der Waals surface area contributed by atoms with Crippen LogP contribution in [-0.2, 0) is 22.4 Å². The first kappa shape index (κ1) is 34.4. The summed E-state index contributed by atoms with van der Waals surface area (Å²) in [6, 6.07) is 14.0. The van der Waals surface area contributed by atoms with Crippen LogP contribution < -0.4 is 14.2 Å². The Labute approximate surface area is 278 Å². The van der Waals surface area contributed by atoms with E-state index in [0.29, 0.717) is 14.9 Å². The fourth-order valence-corrected chi connectivity index (χ4v) is 8.75. The first-order valence-corrected chi connectivity index (χ1v) is 23.8. The molecule has 1 N–H and O–H groups in total. The Balaban J connectivity index is 1.36. The second kappa shape index (κ2) is 14.3. The molecule has 2 saturated heterocycles. The van der Waals surface area contributed by atoms with Crippen molar-refractivity contribution in [1.82, 2.24) is 9.80 Å². The molecular formula is C32H43N3O4S3Si2. The molecule has 0 radical (unpaired) electrons. The number of nitrogens with one attached hydrogen (secondary N) is 1. The lowest BCUT2D eigenvalue weighted by Gasteiger charge is -2.24. The lowest BCUT2D eigenvalue weighted by Crippen LogP contribution is -2.36. The van der Waals surface area contributed by atoms with Gasteiger partial charge in [-0.05, 0) is 112 Å². The van der Waals surface area contributed by atoms with Crippen molar-refractivity contribution in [1.29, 1.82) is 0 Å². The average molecular weight is 686 g/mol. The van der Waals surface area contributed by atoms with E-state index < -0.39 is 16.6 Å². The lowest BCUT2D eigenvalue weighted by molar-refractivity contribution is -0.126. The van der Waals surface area contributed by atoms with Crippen LogP contribution in [0.15, 0.2) is 64.0 Å². The zero-order valence-corrected chi connectivity index (χ0v) is 31.4. The van der Waals surface area contributed by atoms with Gasteiger partial charge < -0.3 is 19.1 Å². The van der Waals surface area contributed by atoms with E-state index in [1.165, 1.54) is 16.7 Å². The van der Waals surface area contributed by atoms with Crippen molar-refractivity contribution in [3.63, 3.8) is 0 Å². The third kappa shape index (κ3) is 9.74. The van der Waals surface area contributed by atoms with E-state index in [0.717, 1.165) is 58.4 Å². The molecule has 44 heavy (non-hydrogen) atoms. The molecule has 2 aromatic rings. The summed E-state index contributed by atoms with van der Waals surface area (Å²) >= 11 is 8.50. The minimum absolute atomic E-state index is 0.121. The molecule has 2 heterocycles. The molecule has 0 saturated carbocycles. The Morgan fingerprint density at radius 2 is 1.70 bits per heavy atom. The Morgan fingerprint density at radius 3 is 2.32 bits per heavy atom. The molecule has 2 amide bonds. The van der Waals surface area contributed by atoms with Gasteiger partial charge in [0, 0.05) is 25.0 Å². The van der Waals surface area contributed by atoms with Crippen LogP contribution in [0.1, 0.15) is 18.1 Å². The Morgan fingerprint density at radius 1 is 1.02 bits per heavy atom. The molecule has 0 aliphatic carbocycles. The van der Waals surface area contributed by atoms with E-state index in [4.69, 9.17) is 21.1 Å². The number of anilines is 1. The van der Waals surface area contributed by atoms with Gasteiger partial charge >= 0.3 is 0 Å². The van der Waals surface area contributed by atoms with Gasteiger partial charge in [-0.15, -0.1) is 11.8 Å². The predicted octanol–water partition coefficient (Wildman–Crippen LogP) is 7.49. The highest BCUT2D eigenvalue weighted by Gasteiger charge is 2.34. The molecule has 0 atom stereocenters. The standard InChI is InChI=1S/C32H43N3O4S3Si2/c1-22(19-29-34(2)17-18-41-29)30-31(37)35(32(40)42-30)21-28(36)33-25-13-10-23(11-14-25)9-12-24-20-26(38-43(3,4)5)15-16-27(24)39-44(6,7)8/h10-11,13-16,19-20H,9,12,17-18,21H2,1-8H3,(H,33,36)/b29-19+,30-22-. The molecule has 7 nitrogen and oxygen atoms in total. The normalized spacial score (nSPS) is 17.9. The van der Waals surface area contributed by atoms with E-state index in [9.17, 15) is 9.59 Å². The van der Waals surface area contributed by atoms with Crippen molar-refractivity contribution >= 4 is 74.2 Å². The highest BCUT2D eigenvalue weighted by molar-refractivity contribution is 8.26. The van der Waals surface area contributed by atoms with Crippen molar-refractivity contribution in [3.05, 3.63) is 75.2 Å². The largest absolute Gasteiger partial charge is 0.544 e. The number of aryl methyl sites for hydroxylation is 2. The van der Waals surface area contributed by atoms with E-state index in [2.05, 4.69) is 55.6 Å². The fourth-order valence-electron chi connectivity index (χ4n) is 4.66. The first-order chi connectivity index (χ1) is 20.6. The Bertz CT molecular complexity index is 1480. The summed E-state index contributed by atoms with van der Waals surface area (Å²) in [5, 5.41) is 4.05. The van der Waals surface area contributed by atoms with Crippen LogP contribution in [0.4, 0.5) is 5.69 Å². The molecule has 0 unspecified atom stereocenters. The van der Waals surface area contributed by atoms with Crippen LogP contribution in [0.3, 0.4) is 0 Å². The van der Waals surface area contributed by atoms with Gasteiger partial charge in [-0.1, -0.05) is 36.1 Å². The van der Waals surface area contributed by atoms with Gasteiger partial charge in [0.15, 0.2) is 0 Å². The molecule has 0 spiro atoms. The number of carbonyl (C=O) groups is 2. The van der Waals surface area contributed by atoms with Gasteiger partial charge in [-0.3, -0.25) is 14.5 Å². The Kier molecular flexibility index (Phi) is 11.1. The third-order valence-corrected chi connectivity index (χ3v) is 11.1. The summed E-state index contributed by atoms with van der Waals surface area (Å²) in [6.45, 7) is 15.9. The molecule has 2 fully saturated rings. The highest BCUT2D eigenvalue weighted by Crippen LogP contribution is 2.36. The monoisotopic (exact) mass is 685 g/mol. The third-order valence-electron chi connectivity index (χ3n) is 6.69. The number of hydrogen-bond acceptors (Lipinski definition) is 8. The maximum atomic E-state index is 13.1. The second-order valence-electron chi connectivity index (χ2n) is 13.0. The summed E-state index contributed by atoms with van der Waals surface area (Å²) in [5.41, 5.74) is 3.83. The van der Waals surface area contributed by atoms with Gasteiger partial charge in [0.2, 0.25) is 22.5 Å². The number of thiocarbonyl (C=S) groups is 1. The SMILES string of the molecule is CC(/C=C1/SCCN1C)=C1/SC(=S)N(CC(=O)Nc2ccc(CCc3cc(O[Si](C)(C)C)ccc3O[Si](C)(C)C)cc2)C1=O. The summed E-state index contributed by atoms with van der Waals surface area (Å²) < 4.78 is 13.0. The van der Waals surface area contributed by atoms with Gasteiger partial charge in [0.05, 0.1) is 9.93 Å². The number of carbonyl (C=O) groups excluding carboxylic acids is 2. The number of amides is 2. The molecule has 4 rings (SSSR count). The second-order valence-corrected chi connectivity index (χ2v) is 24.6. The summed E-state index contributed by atoms with van der Waals surface area (Å²) in [6.07, 6.45) is 3.66. The number of rotatable bonds is 11. The molecule has 2 aromatic carbocycles. The maximum absolute atomic E-state index is 13.1. The van der Waals surface area contributed by atoms with Crippen LogP contribution in [0.2, 0.25) is 39.3 Å². The number of thioether (sulfide) groups is 2. The van der Waals surface area contributed by atoms with Gasteiger partial charge in [-0.25, -0.2) is 0 Å². The van der Waals surface area contributed by atoms with Crippen molar-refractivity contribution in [2.45, 2.75) is 59.0 Å². The average Bonchev–Trinajstić information content (AvgIpc) is 3.44. The molecule has 0 aromatic heterocycles. The molecule has 12 heteroatoms. The number of nitrogens with zero attached hydrogens (tertiary/aromatic N) is 2. The number of allylic oxidation sites excluding steroid dienone is 2. The minimum atomic E-state index is -1.78. The van der Waals surface area contributed by atoms with E-state index in [-0.39, 0.29) is 18.4 Å². The smallest absolute Gasteiger partial charge is 0.266 e. The predicted molar refractivity (Wildman–Crippen MR) is 195 cm³/mol. The van der Waals surface area contributed by atoms with Crippen molar-refractivity contribution in [3.8, 4) is 11.5 Å². The van der Waals surface area contributed by atoms with E-state index in [1.54, 1.807) is 11.8 Å². The fraction of sp³-hybridized carbons (Fsp3) is 0.406. The summed E-state index contributed by atoms with van der Waals surface area (Å²) in [5.74, 6) is 2.35. The molecule has 236 valence electrons. The topological polar surface area (TPSA) is 71.1 Å². The zero-order valence-electron chi connectivity index (χ0n) is 26.9. The van der Waals surface area contributed by atoms with Crippen LogP contribution in [-0.4, -0.2) is 68.5 Å². The molecular weight excluding hydrogens is 643 g/mol.